The maximum atomic E-state index is 13.5. The van der Waals surface area contributed by atoms with Crippen LogP contribution in [0.25, 0.3) is 16.9 Å². The van der Waals surface area contributed by atoms with Crippen LogP contribution in [0.4, 0.5) is 18.0 Å². The molecule has 14 nitrogen and oxygen atoms in total. The van der Waals surface area contributed by atoms with Crippen LogP contribution in [0.5, 0.6) is 0 Å². The number of amides is 1. The van der Waals surface area contributed by atoms with Crippen LogP contribution < -0.4 is 4.72 Å². The lowest BCUT2D eigenvalue weighted by Crippen LogP contribution is -2.46. The van der Waals surface area contributed by atoms with Crippen molar-refractivity contribution in [3.05, 3.63) is 71.1 Å². The predicted molar refractivity (Wildman–Crippen MR) is 162 cm³/mol. The van der Waals surface area contributed by atoms with E-state index in [4.69, 9.17) is 14.3 Å². The summed E-state index contributed by atoms with van der Waals surface area (Å²) in [6.07, 6.45) is -6.40. The Kier molecular flexibility index (Phi) is 10.6. The van der Waals surface area contributed by atoms with Gasteiger partial charge in [-0.15, -0.1) is 5.01 Å². The molecule has 0 bridgehead atoms. The number of aryl methyl sites for hydroxylation is 1. The Morgan fingerprint density at radius 3 is 2.35 bits per heavy atom. The van der Waals surface area contributed by atoms with E-state index < -0.39 is 51.8 Å². The number of carbonyl (C=O) groups excluding carboxylic acids is 2. The monoisotopic (exact) mass is 696 g/mol. The zero-order valence-corrected chi connectivity index (χ0v) is 27.5. The number of hydrogen-bond donors (Lipinski definition) is 1. The van der Waals surface area contributed by atoms with Crippen molar-refractivity contribution in [2.45, 2.75) is 70.4 Å². The third-order valence-electron chi connectivity index (χ3n) is 6.90. The van der Waals surface area contributed by atoms with Gasteiger partial charge in [0.05, 0.1) is 40.3 Å². The Hall–Kier alpha value is -4.87. The molecule has 2 heterocycles. The summed E-state index contributed by atoms with van der Waals surface area (Å²) in [5.74, 6) is -1.79. The van der Waals surface area contributed by atoms with Crippen molar-refractivity contribution < 1.29 is 50.5 Å². The molecule has 1 aliphatic heterocycles. The van der Waals surface area contributed by atoms with Gasteiger partial charge in [-0.2, -0.15) is 18.3 Å². The number of ether oxygens (including phenoxy) is 2. The van der Waals surface area contributed by atoms with Crippen molar-refractivity contribution in [3.63, 3.8) is 0 Å². The van der Waals surface area contributed by atoms with Crippen LogP contribution in [0.2, 0.25) is 0 Å². The first-order valence-corrected chi connectivity index (χ1v) is 16.2. The highest BCUT2D eigenvalue weighted by molar-refractivity contribution is 7.90. The highest BCUT2D eigenvalue weighted by atomic mass is 32.2. The van der Waals surface area contributed by atoms with E-state index in [2.05, 4.69) is 10.4 Å². The van der Waals surface area contributed by atoms with Crippen molar-refractivity contribution in [3.8, 4) is 16.9 Å². The minimum atomic E-state index is -4.72. The zero-order chi connectivity index (χ0) is 35.4. The minimum absolute atomic E-state index is 0.0754. The van der Waals surface area contributed by atoms with Crippen LogP contribution >= 0.6 is 0 Å². The van der Waals surface area contributed by atoms with Gasteiger partial charge in [0, 0.05) is 12.5 Å². The van der Waals surface area contributed by atoms with E-state index in [1.165, 1.54) is 19.1 Å². The molecule has 0 spiro atoms. The van der Waals surface area contributed by atoms with Crippen LogP contribution in [-0.4, -0.2) is 65.2 Å². The molecule has 1 aromatic heterocycles. The average molecular weight is 697 g/mol. The molecule has 1 amide bonds. The van der Waals surface area contributed by atoms with Gasteiger partial charge in [0.15, 0.2) is 5.69 Å². The number of hydrazine groups is 1. The fourth-order valence-electron chi connectivity index (χ4n) is 4.60. The summed E-state index contributed by atoms with van der Waals surface area (Å²) < 4.78 is 79.7. The van der Waals surface area contributed by atoms with Crippen molar-refractivity contribution >= 4 is 22.1 Å². The SMILES string of the molecule is Cc1ccc(-c2cc(C(F)(F)F)nn2-c2ccc(S(=O)(=O)NC(=O)C3CCCN(/[N+]([O-])=N/OC(C)OC(=O)OC(C)(C)C)C3)cc2)cc1. The maximum Gasteiger partial charge on any atom is 0.511 e. The average Bonchev–Trinajstić information content (AvgIpc) is 3.46. The molecule has 48 heavy (non-hydrogen) atoms. The molecule has 4 rings (SSSR count). The Balaban J connectivity index is 1.42. The molecule has 1 saturated heterocycles. The van der Waals surface area contributed by atoms with E-state index in [1.807, 2.05) is 11.6 Å². The lowest BCUT2D eigenvalue weighted by Gasteiger charge is -2.28. The van der Waals surface area contributed by atoms with E-state index in [1.54, 1.807) is 45.0 Å². The van der Waals surface area contributed by atoms with Crippen molar-refractivity contribution in [2.24, 2.45) is 11.2 Å². The summed E-state index contributed by atoms with van der Waals surface area (Å²) in [4.78, 5) is 29.4. The van der Waals surface area contributed by atoms with Crippen LogP contribution in [0.3, 0.4) is 0 Å². The van der Waals surface area contributed by atoms with E-state index in [9.17, 15) is 36.4 Å². The maximum absolute atomic E-state index is 13.5. The van der Waals surface area contributed by atoms with Gasteiger partial charge in [0.25, 0.3) is 16.3 Å². The van der Waals surface area contributed by atoms with Gasteiger partial charge >= 0.3 is 12.3 Å². The van der Waals surface area contributed by atoms with E-state index >= 15 is 0 Å². The summed E-state index contributed by atoms with van der Waals surface area (Å²) >= 11 is 0. The van der Waals surface area contributed by atoms with Gasteiger partial charge in [-0.25, -0.2) is 22.6 Å². The van der Waals surface area contributed by atoms with Crippen molar-refractivity contribution in [1.29, 1.82) is 0 Å². The molecule has 2 unspecified atom stereocenters. The Morgan fingerprint density at radius 1 is 1.10 bits per heavy atom. The molecular formula is C30H35F3N6O8S. The van der Waals surface area contributed by atoms with Gasteiger partial charge in [-0.1, -0.05) is 29.8 Å². The molecule has 0 saturated carbocycles. The molecule has 0 aliphatic carbocycles. The van der Waals surface area contributed by atoms with Crippen molar-refractivity contribution in [1.82, 2.24) is 19.5 Å². The largest absolute Gasteiger partial charge is 0.569 e. The summed E-state index contributed by atoms with van der Waals surface area (Å²) in [5.41, 5.74) is -0.263. The smallest absolute Gasteiger partial charge is 0.511 e. The van der Waals surface area contributed by atoms with Crippen LogP contribution in [0.1, 0.15) is 51.8 Å². The molecule has 1 aliphatic rings. The van der Waals surface area contributed by atoms with Crippen molar-refractivity contribution in [2.75, 3.05) is 13.1 Å². The molecule has 0 radical (unpaired) electrons. The minimum Gasteiger partial charge on any atom is -0.569 e. The topological polar surface area (TPSA) is 167 Å². The molecule has 1 fully saturated rings. The number of hydrogen-bond acceptors (Lipinski definition) is 10. The van der Waals surface area contributed by atoms with E-state index in [-0.39, 0.29) is 40.8 Å². The number of alkyl halides is 3. The highest BCUT2D eigenvalue weighted by Crippen LogP contribution is 2.33. The Morgan fingerprint density at radius 2 is 1.75 bits per heavy atom. The molecular weight excluding hydrogens is 661 g/mol. The summed E-state index contributed by atoms with van der Waals surface area (Å²) in [7, 11) is -4.40. The standard InChI is InChI=1S/C30H35F3N6O8S/c1-19-8-10-21(11-9-19)25-17-26(30(31,32)33)34-38(25)23-12-14-24(15-13-23)48(43,44)35-27(40)22-7-6-16-37(18-22)39(42)36-47-20(2)45-28(41)46-29(3,4)5/h8-15,17,20,22H,6-7,16,18H2,1-5H3,(H,35,40)/b39-36-. The number of aromatic nitrogens is 2. The van der Waals surface area contributed by atoms with Gasteiger partial charge in [-0.3, -0.25) is 9.63 Å². The summed E-state index contributed by atoms with van der Waals surface area (Å²) in [6.45, 7) is 8.04. The van der Waals surface area contributed by atoms with E-state index in [0.717, 1.165) is 33.5 Å². The first-order chi connectivity index (χ1) is 22.3. The summed E-state index contributed by atoms with van der Waals surface area (Å²) in [6, 6.07) is 12.5. The number of carbonyl (C=O) groups is 2. The third kappa shape index (κ3) is 9.36. The molecule has 260 valence electrons. The van der Waals surface area contributed by atoms with Crippen LogP contribution in [-0.2, 0) is 35.3 Å². The molecule has 3 aromatic rings. The number of piperidine rings is 1. The number of sulfonamides is 1. The summed E-state index contributed by atoms with van der Waals surface area (Å²) in [5, 5.41) is 20.7. The first-order valence-electron chi connectivity index (χ1n) is 14.7. The molecule has 1 N–H and O–H groups in total. The van der Waals surface area contributed by atoms with Gasteiger partial charge < -0.3 is 14.7 Å². The second-order valence-corrected chi connectivity index (χ2v) is 13.7. The quantitative estimate of drug-likeness (QED) is 0.0993. The number of nitrogens with zero attached hydrogens (tertiary/aromatic N) is 5. The lowest BCUT2D eigenvalue weighted by atomic mass is 9.99. The number of halogens is 3. The lowest BCUT2D eigenvalue weighted by molar-refractivity contribution is -0.715. The third-order valence-corrected chi connectivity index (χ3v) is 8.27. The van der Waals surface area contributed by atoms with Gasteiger partial charge in [0.2, 0.25) is 11.2 Å². The fourth-order valence-corrected chi connectivity index (χ4v) is 5.65. The second kappa shape index (κ2) is 14.1. The first kappa shape index (κ1) is 36.0. The Bertz CT molecular complexity index is 1750. The molecule has 2 atom stereocenters. The van der Waals surface area contributed by atoms with Gasteiger partial charge in [-0.05, 0) is 70.9 Å². The van der Waals surface area contributed by atoms with Crippen LogP contribution in [0.15, 0.2) is 64.8 Å². The fraction of sp³-hybridized carbons (Fsp3) is 0.433. The van der Waals surface area contributed by atoms with Crippen LogP contribution in [0, 0.1) is 18.0 Å². The number of nitrogens with one attached hydrogen (secondary N) is 1. The number of benzene rings is 2. The highest BCUT2D eigenvalue weighted by Gasteiger charge is 2.36. The second-order valence-electron chi connectivity index (χ2n) is 12.0. The predicted octanol–water partition coefficient (Wildman–Crippen LogP) is 5.49. The normalized spacial score (nSPS) is 16.6. The van der Waals surface area contributed by atoms with Gasteiger partial charge in [0.1, 0.15) is 5.60 Å². The molecule has 18 heteroatoms. The number of rotatable bonds is 9. The zero-order valence-electron chi connectivity index (χ0n) is 26.7. The Labute approximate surface area is 274 Å². The molecule has 2 aromatic carbocycles. The van der Waals surface area contributed by atoms with E-state index in [0.29, 0.717) is 12.0 Å².